The second kappa shape index (κ2) is 5.86. The van der Waals surface area contributed by atoms with Gasteiger partial charge in [-0.05, 0) is 81.5 Å². The van der Waals surface area contributed by atoms with Crippen molar-refractivity contribution in [3.05, 3.63) is 11.6 Å². The summed E-state index contributed by atoms with van der Waals surface area (Å²) in [6.45, 7) is 7.72. The number of aliphatic hydroxyl groups is 1. The zero-order chi connectivity index (χ0) is 17.9. The van der Waals surface area contributed by atoms with Gasteiger partial charge in [-0.2, -0.15) is 0 Å². The highest BCUT2D eigenvalue weighted by atomic mass is 16.5. The second-order valence-electron chi connectivity index (χ2n) is 9.58. The Morgan fingerprint density at radius 1 is 1.20 bits per heavy atom. The first-order valence-electron chi connectivity index (χ1n) is 10.4. The van der Waals surface area contributed by atoms with Crippen molar-refractivity contribution in [1.29, 1.82) is 0 Å². The summed E-state index contributed by atoms with van der Waals surface area (Å²) >= 11 is 0. The monoisotopic (exact) mass is 342 g/mol. The van der Waals surface area contributed by atoms with E-state index in [4.69, 9.17) is 11.2 Å². The highest BCUT2D eigenvalue weighted by molar-refractivity contribution is 5.28. The van der Waals surface area contributed by atoms with E-state index in [2.05, 4.69) is 32.8 Å². The smallest absolute Gasteiger partial charge is 0.130 e. The lowest BCUT2D eigenvalue weighted by Gasteiger charge is -2.58. The van der Waals surface area contributed by atoms with Gasteiger partial charge in [-0.3, -0.25) is 0 Å². The van der Waals surface area contributed by atoms with Crippen LogP contribution in [0.2, 0.25) is 0 Å². The van der Waals surface area contributed by atoms with E-state index < -0.39 is 5.60 Å². The van der Waals surface area contributed by atoms with Crippen molar-refractivity contribution in [2.45, 2.75) is 83.8 Å². The minimum atomic E-state index is -0.889. The largest absolute Gasteiger partial charge is 0.378 e. The average Bonchev–Trinajstić information content (AvgIpc) is 2.87. The fraction of sp³-hybridized carbons (Fsp3) is 0.826. The Morgan fingerprint density at radius 3 is 2.68 bits per heavy atom. The van der Waals surface area contributed by atoms with Gasteiger partial charge < -0.3 is 9.84 Å². The van der Waals surface area contributed by atoms with Crippen LogP contribution in [0.15, 0.2) is 11.6 Å². The predicted octanol–water partition coefficient (Wildman–Crippen LogP) is 4.72. The molecular formula is C23H34O2. The van der Waals surface area contributed by atoms with E-state index in [0.29, 0.717) is 23.4 Å². The Labute approximate surface area is 153 Å². The summed E-state index contributed by atoms with van der Waals surface area (Å²) in [5, 5.41) is 11.1. The van der Waals surface area contributed by atoms with E-state index in [9.17, 15) is 5.11 Å². The summed E-state index contributed by atoms with van der Waals surface area (Å²) in [7, 11) is 0. The normalized spacial score (nSPS) is 51.7. The topological polar surface area (TPSA) is 29.5 Å². The van der Waals surface area contributed by atoms with Crippen molar-refractivity contribution in [3.8, 4) is 12.3 Å². The zero-order valence-electron chi connectivity index (χ0n) is 16.2. The van der Waals surface area contributed by atoms with Gasteiger partial charge in [0.25, 0.3) is 0 Å². The molecule has 2 nitrogen and oxygen atoms in total. The maximum atomic E-state index is 11.1. The van der Waals surface area contributed by atoms with E-state index in [1.165, 1.54) is 25.7 Å². The number of rotatable bonds is 2. The maximum absolute atomic E-state index is 11.1. The number of ether oxygens (including phenoxy) is 1. The average molecular weight is 343 g/mol. The molecule has 0 unspecified atom stereocenters. The summed E-state index contributed by atoms with van der Waals surface area (Å²) in [6.07, 6.45) is 17.7. The number of terminal acetylenes is 1. The molecule has 0 aromatic carbocycles. The molecule has 0 aromatic heterocycles. The van der Waals surface area contributed by atoms with E-state index >= 15 is 0 Å². The fourth-order valence-corrected chi connectivity index (χ4v) is 7.26. The summed E-state index contributed by atoms with van der Waals surface area (Å²) in [4.78, 5) is 0. The van der Waals surface area contributed by atoms with Gasteiger partial charge >= 0.3 is 0 Å². The number of allylic oxidation sites excluding steroid dienone is 1. The van der Waals surface area contributed by atoms with Gasteiger partial charge in [0.15, 0.2) is 0 Å². The standard InChI is InChI=1S/C23H34O2/c1-5-23(24)14-11-20-18-8-7-16-15-17(25-6-2)9-12-21(16,3)19(18)10-13-22(20,23)4/h1,7,17-20,24H,6,8-15H2,2-4H3/t17-,18+,19-,20-,21-,22-,23-/m0/s1. The van der Waals surface area contributed by atoms with Crippen molar-refractivity contribution < 1.29 is 9.84 Å². The van der Waals surface area contributed by atoms with Crippen LogP contribution in [0.5, 0.6) is 0 Å². The minimum absolute atomic E-state index is 0.0901. The predicted molar refractivity (Wildman–Crippen MR) is 101 cm³/mol. The quantitative estimate of drug-likeness (QED) is 0.581. The van der Waals surface area contributed by atoms with Crippen LogP contribution >= 0.6 is 0 Å². The van der Waals surface area contributed by atoms with E-state index in [1.807, 2.05) is 0 Å². The maximum Gasteiger partial charge on any atom is 0.130 e. The van der Waals surface area contributed by atoms with Crippen LogP contribution in [-0.4, -0.2) is 23.4 Å². The minimum Gasteiger partial charge on any atom is -0.378 e. The Hall–Kier alpha value is -0.780. The molecular weight excluding hydrogens is 308 g/mol. The van der Waals surface area contributed by atoms with Crippen LogP contribution in [-0.2, 0) is 4.74 Å². The molecule has 0 aliphatic heterocycles. The van der Waals surface area contributed by atoms with Gasteiger partial charge in [0.2, 0.25) is 0 Å². The summed E-state index contributed by atoms with van der Waals surface area (Å²) in [6, 6.07) is 0. The highest BCUT2D eigenvalue weighted by Gasteiger charge is 2.63. The van der Waals surface area contributed by atoms with Crippen molar-refractivity contribution in [1.82, 2.24) is 0 Å². The molecule has 0 amide bonds. The van der Waals surface area contributed by atoms with Gasteiger partial charge in [0, 0.05) is 12.0 Å². The SMILES string of the molecule is C#C[C@]1(O)CC[C@H]2[C@@H]3CC=C4C[C@@H](OCC)CC[C@]4(C)[C@H]3CC[C@@]21C. The molecule has 4 aliphatic carbocycles. The fourth-order valence-electron chi connectivity index (χ4n) is 7.26. The Morgan fingerprint density at radius 2 is 1.96 bits per heavy atom. The lowest BCUT2D eigenvalue weighted by Crippen LogP contribution is -2.54. The van der Waals surface area contributed by atoms with Gasteiger partial charge in [0.1, 0.15) is 5.60 Å². The molecule has 7 atom stereocenters. The Bertz CT molecular complexity index is 616. The molecule has 4 rings (SSSR count). The van der Waals surface area contributed by atoms with E-state index in [1.54, 1.807) is 5.57 Å². The molecule has 0 bridgehead atoms. The van der Waals surface area contributed by atoms with Crippen molar-refractivity contribution in [2.75, 3.05) is 6.61 Å². The van der Waals surface area contributed by atoms with Crippen molar-refractivity contribution in [3.63, 3.8) is 0 Å². The third-order valence-electron chi connectivity index (χ3n) is 8.85. The molecule has 4 aliphatic rings. The summed E-state index contributed by atoms with van der Waals surface area (Å²) in [5.74, 6) is 4.81. The first kappa shape index (κ1) is 17.6. The third-order valence-corrected chi connectivity index (χ3v) is 8.85. The van der Waals surface area contributed by atoms with Crippen LogP contribution < -0.4 is 0 Å². The first-order chi connectivity index (χ1) is 11.9. The van der Waals surface area contributed by atoms with Gasteiger partial charge in [-0.1, -0.05) is 31.4 Å². The van der Waals surface area contributed by atoms with Crippen molar-refractivity contribution >= 4 is 0 Å². The lowest BCUT2D eigenvalue weighted by molar-refractivity contribution is -0.0988. The molecule has 1 N–H and O–H groups in total. The zero-order valence-corrected chi connectivity index (χ0v) is 16.2. The first-order valence-corrected chi connectivity index (χ1v) is 10.4. The molecule has 2 heteroatoms. The molecule has 0 spiro atoms. The molecule has 0 aromatic rings. The van der Waals surface area contributed by atoms with Gasteiger partial charge in [-0.15, -0.1) is 6.42 Å². The number of hydrogen-bond donors (Lipinski definition) is 1. The van der Waals surface area contributed by atoms with Crippen LogP contribution in [0.3, 0.4) is 0 Å². The van der Waals surface area contributed by atoms with Gasteiger partial charge in [0.05, 0.1) is 6.10 Å². The second-order valence-corrected chi connectivity index (χ2v) is 9.58. The number of hydrogen-bond acceptors (Lipinski definition) is 2. The molecule has 0 radical (unpaired) electrons. The lowest BCUT2D eigenvalue weighted by atomic mass is 9.47. The van der Waals surface area contributed by atoms with E-state index in [-0.39, 0.29) is 5.41 Å². The van der Waals surface area contributed by atoms with E-state index in [0.717, 1.165) is 38.2 Å². The van der Waals surface area contributed by atoms with Crippen LogP contribution in [0.4, 0.5) is 0 Å². The third kappa shape index (κ3) is 2.31. The summed E-state index contributed by atoms with van der Waals surface area (Å²) in [5.41, 5.74) is 1.02. The summed E-state index contributed by atoms with van der Waals surface area (Å²) < 4.78 is 5.94. The van der Waals surface area contributed by atoms with Crippen LogP contribution in [0, 0.1) is 40.9 Å². The van der Waals surface area contributed by atoms with Crippen LogP contribution in [0.25, 0.3) is 0 Å². The van der Waals surface area contributed by atoms with Crippen LogP contribution in [0.1, 0.15) is 72.1 Å². The molecule has 138 valence electrons. The molecule has 3 saturated carbocycles. The highest BCUT2D eigenvalue weighted by Crippen LogP contribution is 2.67. The van der Waals surface area contributed by atoms with Gasteiger partial charge in [-0.25, -0.2) is 0 Å². The molecule has 25 heavy (non-hydrogen) atoms. The molecule has 0 saturated heterocycles. The Kier molecular flexibility index (Phi) is 4.13. The molecule has 0 heterocycles. The molecule has 3 fully saturated rings. The Balaban J connectivity index is 1.63. The number of fused-ring (bicyclic) bond motifs is 5. The van der Waals surface area contributed by atoms with Crippen molar-refractivity contribution in [2.24, 2.45) is 28.6 Å².